The van der Waals surface area contributed by atoms with E-state index < -0.39 is 0 Å². The lowest BCUT2D eigenvalue weighted by molar-refractivity contribution is 0.182. The van der Waals surface area contributed by atoms with Gasteiger partial charge in [-0.1, -0.05) is 64.0 Å². The predicted molar refractivity (Wildman–Crippen MR) is 107 cm³/mol. The monoisotopic (exact) mass is 335 g/mol. The normalized spacial score (nSPS) is 19.5. The molecule has 24 heavy (non-hydrogen) atoms. The van der Waals surface area contributed by atoms with Gasteiger partial charge in [0.25, 0.3) is 0 Å². The van der Waals surface area contributed by atoms with Crippen LogP contribution in [0.4, 0.5) is 0 Å². The van der Waals surface area contributed by atoms with E-state index >= 15 is 0 Å². The van der Waals surface area contributed by atoms with Gasteiger partial charge in [0, 0.05) is 12.8 Å². The number of hydrogen-bond donors (Lipinski definition) is 1. The van der Waals surface area contributed by atoms with Crippen molar-refractivity contribution in [2.24, 2.45) is 10.7 Å². The third-order valence-electron chi connectivity index (χ3n) is 4.95. The number of hydrogen-bond acceptors (Lipinski definition) is 3. The van der Waals surface area contributed by atoms with Crippen LogP contribution in [0.15, 0.2) is 17.1 Å². The Kier molecular flexibility index (Phi) is 13.1. The standard InChI is InChI=1S/C21H41N3/c1-3-4-5-6-7-8-9-10-11-12-13-14-15-16-17-21-23-18-19-24(21)20(2)22/h7-8,18,20-21H,3-6,9-17,19,22H2,1-2H3/b8-7+. The summed E-state index contributed by atoms with van der Waals surface area (Å²) in [6.07, 6.45) is 24.6. The number of aliphatic imine (C=N–C) groups is 1. The fourth-order valence-electron chi connectivity index (χ4n) is 3.37. The molecule has 0 radical (unpaired) electrons. The Morgan fingerprint density at radius 1 is 1.00 bits per heavy atom. The molecule has 0 amide bonds. The van der Waals surface area contributed by atoms with Crippen LogP contribution in [0.5, 0.6) is 0 Å². The van der Waals surface area contributed by atoms with Crippen LogP contribution in [0, 0.1) is 0 Å². The van der Waals surface area contributed by atoms with E-state index in [9.17, 15) is 0 Å². The smallest absolute Gasteiger partial charge is 0.103 e. The van der Waals surface area contributed by atoms with Crippen molar-refractivity contribution in [1.82, 2.24) is 4.90 Å². The molecular formula is C21H41N3. The van der Waals surface area contributed by atoms with E-state index in [2.05, 4.69) is 35.9 Å². The molecule has 3 heteroatoms. The zero-order chi connectivity index (χ0) is 17.5. The summed E-state index contributed by atoms with van der Waals surface area (Å²) in [5.74, 6) is 0. The molecule has 2 atom stereocenters. The van der Waals surface area contributed by atoms with E-state index in [-0.39, 0.29) is 6.17 Å². The molecule has 1 aliphatic rings. The zero-order valence-electron chi connectivity index (χ0n) is 16.3. The van der Waals surface area contributed by atoms with Gasteiger partial charge in [-0.25, -0.2) is 0 Å². The van der Waals surface area contributed by atoms with Crippen molar-refractivity contribution in [3.05, 3.63) is 12.2 Å². The first-order valence-electron chi connectivity index (χ1n) is 10.4. The van der Waals surface area contributed by atoms with Crippen LogP contribution < -0.4 is 5.73 Å². The van der Waals surface area contributed by atoms with E-state index in [4.69, 9.17) is 5.73 Å². The fourth-order valence-corrected chi connectivity index (χ4v) is 3.37. The Morgan fingerprint density at radius 2 is 1.58 bits per heavy atom. The zero-order valence-corrected chi connectivity index (χ0v) is 16.3. The van der Waals surface area contributed by atoms with Crippen molar-refractivity contribution < 1.29 is 0 Å². The van der Waals surface area contributed by atoms with Gasteiger partial charge in [-0.2, -0.15) is 0 Å². The van der Waals surface area contributed by atoms with Crippen LogP contribution in [0.3, 0.4) is 0 Å². The molecule has 0 spiro atoms. The van der Waals surface area contributed by atoms with Gasteiger partial charge in [-0.05, 0) is 45.4 Å². The van der Waals surface area contributed by atoms with Crippen LogP contribution in [-0.2, 0) is 0 Å². The van der Waals surface area contributed by atoms with E-state index in [0.717, 1.165) is 6.54 Å². The van der Waals surface area contributed by atoms with Gasteiger partial charge in [0.2, 0.25) is 0 Å². The summed E-state index contributed by atoms with van der Waals surface area (Å²) in [6.45, 7) is 5.25. The molecule has 0 saturated carbocycles. The van der Waals surface area contributed by atoms with Gasteiger partial charge >= 0.3 is 0 Å². The molecule has 1 heterocycles. The Balaban J connectivity index is 1.83. The van der Waals surface area contributed by atoms with E-state index in [1.54, 1.807) is 0 Å². The largest absolute Gasteiger partial charge is 0.316 e. The second-order valence-electron chi connectivity index (χ2n) is 7.27. The summed E-state index contributed by atoms with van der Waals surface area (Å²) in [6, 6.07) is 0. The quantitative estimate of drug-likeness (QED) is 0.310. The molecule has 0 fully saturated rings. The summed E-state index contributed by atoms with van der Waals surface area (Å²) in [7, 11) is 0. The van der Waals surface area contributed by atoms with Crippen LogP contribution in [0.2, 0.25) is 0 Å². The Morgan fingerprint density at radius 3 is 2.21 bits per heavy atom. The van der Waals surface area contributed by atoms with Gasteiger partial charge in [-0.3, -0.25) is 9.89 Å². The van der Waals surface area contributed by atoms with Crippen LogP contribution in [0.25, 0.3) is 0 Å². The maximum atomic E-state index is 5.98. The average molecular weight is 336 g/mol. The van der Waals surface area contributed by atoms with Crippen LogP contribution >= 0.6 is 0 Å². The molecule has 0 saturated heterocycles. The third-order valence-corrected chi connectivity index (χ3v) is 4.95. The number of unbranched alkanes of at least 4 members (excludes halogenated alkanes) is 10. The first kappa shape index (κ1) is 21.4. The predicted octanol–water partition coefficient (Wildman–Crippen LogP) is 5.65. The summed E-state index contributed by atoms with van der Waals surface area (Å²) >= 11 is 0. The molecule has 0 aromatic heterocycles. The SMILES string of the molecule is CCCCC/C=C/CCCCCCCCCC1N=CCN1C(C)N. The van der Waals surface area contributed by atoms with E-state index in [1.165, 1.54) is 83.5 Å². The van der Waals surface area contributed by atoms with E-state index in [0.29, 0.717) is 6.17 Å². The molecule has 1 rings (SSSR count). The first-order valence-corrected chi connectivity index (χ1v) is 10.4. The minimum Gasteiger partial charge on any atom is -0.316 e. The van der Waals surface area contributed by atoms with Crippen LogP contribution in [-0.4, -0.2) is 30.0 Å². The molecule has 0 aromatic carbocycles. The van der Waals surface area contributed by atoms with Gasteiger partial charge in [0.05, 0.1) is 6.17 Å². The highest BCUT2D eigenvalue weighted by Crippen LogP contribution is 2.17. The number of allylic oxidation sites excluding steroid dienone is 2. The van der Waals surface area contributed by atoms with Crippen molar-refractivity contribution in [2.45, 2.75) is 110 Å². The van der Waals surface area contributed by atoms with E-state index in [1.807, 2.05) is 6.21 Å². The average Bonchev–Trinajstić information content (AvgIpc) is 3.04. The van der Waals surface area contributed by atoms with Gasteiger partial charge < -0.3 is 5.73 Å². The van der Waals surface area contributed by atoms with Crippen molar-refractivity contribution in [1.29, 1.82) is 0 Å². The highest BCUT2D eigenvalue weighted by atomic mass is 15.3. The Hall–Kier alpha value is -0.670. The minimum atomic E-state index is 0.123. The molecule has 2 N–H and O–H groups in total. The van der Waals surface area contributed by atoms with Crippen molar-refractivity contribution in [3.63, 3.8) is 0 Å². The Labute approximate surface area is 150 Å². The summed E-state index contributed by atoms with van der Waals surface area (Å²) in [5.41, 5.74) is 5.98. The summed E-state index contributed by atoms with van der Waals surface area (Å²) in [4.78, 5) is 6.84. The molecular weight excluding hydrogens is 294 g/mol. The molecule has 0 aliphatic carbocycles. The second-order valence-corrected chi connectivity index (χ2v) is 7.27. The van der Waals surface area contributed by atoms with Crippen molar-refractivity contribution in [2.75, 3.05) is 6.54 Å². The lowest BCUT2D eigenvalue weighted by Crippen LogP contribution is -2.43. The van der Waals surface area contributed by atoms with Crippen LogP contribution in [0.1, 0.15) is 97.3 Å². The number of rotatable bonds is 15. The third kappa shape index (κ3) is 10.2. The molecule has 0 bridgehead atoms. The topological polar surface area (TPSA) is 41.6 Å². The summed E-state index contributed by atoms with van der Waals surface area (Å²) in [5, 5.41) is 0. The van der Waals surface area contributed by atoms with Crippen molar-refractivity contribution in [3.8, 4) is 0 Å². The first-order chi connectivity index (χ1) is 11.8. The lowest BCUT2D eigenvalue weighted by Gasteiger charge is -2.26. The summed E-state index contributed by atoms with van der Waals surface area (Å²) < 4.78 is 0. The van der Waals surface area contributed by atoms with Gasteiger partial charge in [0.15, 0.2) is 0 Å². The van der Waals surface area contributed by atoms with Crippen molar-refractivity contribution >= 4 is 6.21 Å². The molecule has 1 aliphatic heterocycles. The highest BCUT2D eigenvalue weighted by molar-refractivity contribution is 5.62. The lowest BCUT2D eigenvalue weighted by atomic mass is 10.1. The second kappa shape index (κ2) is 14.7. The highest BCUT2D eigenvalue weighted by Gasteiger charge is 2.22. The molecule has 140 valence electrons. The molecule has 3 nitrogen and oxygen atoms in total. The van der Waals surface area contributed by atoms with Gasteiger partial charge in [0.1, 0.15) is 6.17 Å². The molecule has 0 aromatic rings. The fraction of sp³-hybridized carbons (Fsp3) is 0.857. The molecule has 2 unspecified atom stereocenters. The maximum Gasteiger partial charge on any atom is 0.103 e. The maximum absolute atomic E-state index is 5.98. The van der Waals surface area contributed by atoms with Gasteiger partial charge in [-0.15, -0.1) is 0 Å². The minimum absolute atomic E-state index is 0.123. The Bertz CT molecular complexity index is 336. The number of nitrogens with zero attached hydrogens (tertiary/aromatic N) is 2. The number of nitrogens with two attached hydrogens (primary N) is 1.